The molecule has 1 heterocycles. The van der Waals surface area contributed by atoms with Crippen LogP contribution in [-0.2, 0) is 14.1 Å². The number of amides is 2. The average Bonchev–Trinajstić information content (AvgIpc) is 2.42. The molecule has 0 radical (unpaired) electrons. The highest BCUT2D eigenvalue weighted by molar-refractivity contribution is 6.74. The van der Waals surface area contributed by atoms with Crippen LogP contribution in [0.5, 0.6) is 0 Å². The third kappa shape index (κ3) is 5.00. The number of hydroxylamine groups is 2. The van der Waals surface area contributed by atoms with Crippen molar-refractivity contribution in [2.24, 2.45) is 5.73 Å². The van der Waals surface area contributed by atoms with E-state index in [1.807, 2.05) is 33.9 Å². The molecule has 0 aromatic carbocycles. The number of nitrogens with two attached hydrogens (primary N) is 1. The minimum absolute atomic E-state index is 0.0764. The molecular formula is C15H27N3O5Si. The molecule has 0 aromatic rings. The lowest BCUT2D eigenvalue weighted by Gasteiger charge is -2.38. The number of carbonyl (C=O) groups is 2. The topological polar surface area (TPSA) is 114 Å². The second-order valence-electron chi connectivity index (χ2n) is 7.17. The van der Waals surface area contributed by atoms with Crippen molar-refractivity contribution in [2.45, 2.75) is 51.9 Å². The van der Waals surface area contributed by atoms with Gasteiger partial charge in [0.2, 0.25) is 8.32 Å². The SMILES string of the molecule is CC1NC(=O)CO/C1=C/C=C(\N)N(O[Si](C)(C)C(C)(C)C)C(=O)O. The monoisotopic (exact) mass is 357 g/mol. The Hall–Kier alpha value is -2.00. The minimum Gasteiger partial charge on any atom is -0.486 e. The van der Waals surface area contributed by atoms with Crippen molar-refractivity contribution < 1.29 is 24.0 Å². The molecule has 1 saturated heterocycles. The van der Waals surface area contributed by atoms with Gasteiger partial charge in [-0.1, -0.05) is 20.8 Å². The number of hydrogen-bond donors (Lipinski definition) is 3. The molecule has 0 bridgehead atoms. The summed E-state index contributed by atoms with van der Waals surface area (Å²) < 4.78 is 11.0. The highest BCUT2D eigenvalue weighted by Gasteiger charge is 2.41. The molecular weight excluding hydrogens is 330 g/mol. The zero-order valence-corrected chi connectivity index (χ0v) is 16.0. The van der Waals surface area contributed by atoms with Crippen LogP contribution in [-0.4, -0.2) is 43.1 Å². The van der Waals surface area contributed by atoms with Gasteiger partial charge in [0.25, 0.3) is 5.91 Å². The first-order valence-electron chi connectivity index (χ1n) is 7.67. The van der Waals surface area contributed by atoms with Crippen molar-refractivity contribution in [3.05, 3.63) is 23.7 Å². The molecule has 1 unspecified atom stereocenters. The van der Waals surface area contributed by atoms with Gasteiger partial charge in [0, 0.05) is 0 Å². The summed E-state index contributed by atoms with van der Waals surface area (Å²) in [6, 6.07) is -0.310. The minimum atomic E-state index is -2.37. The quantitative estimate of drug-likeness (QED) is 0.524. The van der Waals surface area contributed by atoms with Gasteiger partial charge < -0.3 is 25.4 Å². The Labute approximate surface area is 143 Å². The summed E-state index contributed by atoms with van der Waals surface area (Å²) in [6.45, 7) is 11.5. The molecule has 0 spiro atoms. The van der Waals surface area contributed by atoms with E-state index in [0.717, 1.165) is 0 Å². The first kappa shape index (κ1) is 20.0. The molecule has 1 rings (SSSR count). The lowest BCUT2D eigenvalue weighted by atomic mass is 10.2. The molecule has 2 amide bonds. The van der Waals surface area contributed by atoms with Crippen molar-refractivity contribution in [3.8, 4) is 0 Å². The third-order valence-electron chi connectivity index (χ3n) is 4.13. The smallest absolute Gasteiger partial charge is 0.436 e. The number of ether oxygens (including phenoxy) is 1. The van der Waals surface area contributed by atoms with Crippen LogP contribution in [0.2, 0.25) is 18.1 Å². The number of hydrogen-bond acceptors (Lipinski definition) is 5. The number of rotatable bonds is 4. The molecule has 4 N–H and O–H groups in total. The number of morpholine rings is 1. The number of allylic oxidation sites excluding steroid dienone is 2. The number of carboxylic acid groups (broad SMARTS) is 1. The highest BCUT2D eigenvalue weighted by Crippen LogP contribution is 2.37. The Morgan fingerprint density at radius 3 is 2.54 bits per heavy atom. The summed E-state index contributed by atoms with van der Waals surface area (Å²) in [4.78, 5) is 22.7. The van der Waals surface area contributed by atoms with Crippen LogP contribution in [0.3, 0.4) is 0 Å². The van der Waals surface area contributed by atoms with Gasteiger partial charge in [-0.15, -0.1) is 5.06 Å². The van der Waals surface area contributed by atoms with Crippen LogP contribution in [0.15, 0.2) is 23.7 Å². The third-order valence-corrected chi connectivity index (χ3v) is 8.38. The van der Waals surface area contributed by atoms with Crippen LogP contribution in [0.1, 0.15) is 27.7 Å². The molecule has 0 aromatic heterocycles. The van der Waals surface area contributed by atoms with Gasteiger partial charge in [-0.25, -0.2) is 4.79 Å². The van der Waals surface area contributed by atoms with Gasteiger partial charge in [0.1, 0.15) is 11.6 Å². The normalized spacial score (nSPS) is 21.2. The van der Waals surface area contributed by atoms with Crippen molar-refractivity contribution in [1.82, 2.24) is 10.4 Å². The van der Waals surface area contributed by atoms with Gasteiger partial charge in [0.15, 0.2) is 6.61 Å². The summed E-state index contributed by atoms with van der Waals surface area (Å²) in [6.07, 6.45) is 1.63. The summed E-state index contributed by atoms with van der Waals surface area (Å²) in [5, 5.41) is 12.6. The number of carbonyl (C=O) groups excluding carboxylic acids is 1. The van der Waals surface area contributed by atoms with E-state index in [4.69, 9.17) is 15.0 Å². The molecule has 1 fully saturated rings. The Bertz CT molecular complexity index is 566. The fourth-order valence-corrected chi connectivity index (χ4v) is 2.54. The molecule has 9 heteroatoms. The number of nitrogens with one attached hydrogen (secondary N) is 1. The van der Waals surface area contributed by atoms with Crippen molar-refractivity contribution >= 4 is 20.3 Å². The van der Waals surface area contributed by atoms with Gasteiger partial charge in [-0.2, -0.15) is 0 Å². The van der Waals surface area contributed by atoms with E-state index in [0.29, 0.717) is 10.8 Å². The maximum absolute atomic E-state index is 11.5. The Morgan fingerprint density at radius 1 is 1.50 bits per heavy atom. The van der Waals surface area contributed by atoms with Crippen molar-refractivity contribution in [1.29, 1.82) is 0 Å². The van der Waals surface area contributed by atoms with E-state index >= 15 is 0 Å². The van der Waals surface area contributed by atoms with Crippen LogP contribution < -0.4 is 11.1 Å². The van der Waals surface area contributed by atoms with Crippen molar-refractivity contribution in [2.75, 3.05) is 6.61 Å². The second kappa shape index (κ2) is 7.26. The molecule has 1 aliphatic heterocycles. The maximum Gasteiger partial charge on any atom is 0.436 e. The predicted molar refractivity (Wildman–Crippen MR) is 92.1 cm³/mol. The summed E-state index contributed by atoms with van der Waals surface area (Å²) in [7, 11) is -2.37. The zero-order chi connectivity index (χ0) is 18.7. The molecule has 0 saturated carbocycles. The first-order valence-corrected chi connectivity index (χ1v) is 10.6. The molecule has 136 valence electrons. The lowest BCUT2D eigenvalue weighted by Crippen LogP contribution is -2.49. The fraction of sp³-hybridized carbons (Fsp3) is 0.600. The average molecular weight is 357 g/mol. The first-order chi connectivity index (χ1) is 10.8. The molecule has 1 aliphatic rings. The summed E-state index contributed by atoms with van der Waals surface area (Å²) >= 11 is 0. The predicted octanol–water partition coefficient (Wildman–Crippen LogP) is 2.12. The van der Waals surface area contributed by atoms with E-state index in [2.05, 4.69) is 5.32 Å². The van der Waals surface area contributed by atoms with E-state index in [1.165, 1.54) is 12.2 Å². The molecule has 0 aliphatic carbocycles. The standard InChI is InChI=1S/C15H27N3O5Si/c1-10-11(22-9-13(19)17-10)7-8-12(16)18(14(20)21)23-24(5,6)15(2,3)4/h7-8,10H,9,16H2,1-6H3,(H,17,19)(H,20,21)/b11-7+,12-8+. The Kier molecular flexibility index (Phi) is 6.07. The van der Waals surface area contributed by atoms with Crippen LogP contribution >= 0.6 is 0 Å². The Morgan fingerprint density at radius 2 is 2.08 bits per heavy atom. The van der Waals surface area contributed by atoms with Gasteiger partial charge >= 0.3 is 6.09 Å². The van der Waals surface area contributed by atoms with E-state index in [9.17, 15) is 14.7 Å². The maximum atomic E-state index is 11.5. The van der Waals surface area contributed by atoms with Gasteiger partial charge in [-0.3, -0.25) is 4.79 Å². The zero-order valence-electron chi connectivity index (χ0n) is 15.0. The molecule has 1 atom stereocenters. The van der Waals surface area contributed by atoms with Crippen LogP contribution in [0.25, 0.3) is 0 Å². The van der Waals surface area contributed by atoms with Crippen LogP contribution in [0, 0.1) is 0 Å². The summed E-state index contributed by atoms with van der Waals surface area (Å²) in [5.41, 5.74) is 5.88. The second-order valence-corrected chi connectivity index (χ2v) is 11.9. The Balaban J connectivity index is 2.96. The number of nitrogens with zero attached hydrogens (tertiary/aromatic N) is 1. The van der Waals surface area contributed by atoms with Gasteiger partial charge in [-0.05, 0) is 37.2 Å². The van der Waals surface area contributed by atoms with E-state index < -0.39 is 14.4 Å². The largest absolute Gasteiger partial charge is 0.486 e. The lowest BCUT2D eigenvalue weighted by molar-refractivity contribution is -0.127. The van der Waals surface area contributed by atoms with Gasteiger partial charge in [0.05, 0.1) is 6.04 Å². The fourth-order valence-electron chi connectivity index (χ4n) is 1.62. The highest BCUT2D eigenvalue weighted by atomic mass is 28.4. The molecule has 24 heavy (non-hydrogen) atoms. The van der Waals surface area contributed by atoms with E-state index in [1.54, 1.807) is 6.92 Å². The van der Waals surface area contributed by atoms with Crippen LogP contribution in [0.4, 0.5) is 4.79 Å². The summed E-state index contributed by atoms with van der Waals surface area (Å²) in [5.74, 6) is 0.216. The molecule has 8 nitrogen and oxygen atoms in total. The van der Waals surface area contributed by atoms with E-state index in [-0.39, 0.29) is 29.4 Å². The van der Waals surface area contributed by atoms with Crippen molar-refractivity contribution in [3.63, 3.8) is 0 Å².